The van der Waals surface area contributed by atoms with E-state index in [2.05, 4.69) is 9.72 Å². The summed E-state index contributed by atoms with van der Waals surface area (Å²) in [4.78, 5) is 15.3. The first-order valence-electron chi connectivity index (χ1n) is 5.87. The molecule has 0 aliphatic heterocycles. The summed E-state index contributed by atoms with van der Waals surface area (Å²) in [5.41, 5.74) is 6.35. The van der Waals surface area contributed by atoms with Crippen molar-refractivity contribution in [2.75, 3.05) is 6.61 Å². The number of pyridine rings is 1. The third kappa shape index (κ3) is 4.37. The number of aryl methyl sites for hydroxylation is 1. The molecule has 1 rings (SSSR count). The zero-order valence-electron chi connectivity index (χ0n) is 11.1. The van der Waals surface area contributed by atoms with Crippen molar-refractivity contribution in [1.29, 1.82) is 0 Å². The summed E-state index contributed by atoms with van der Waals surface area (Å²) in [6.07, 6.45) is -4.29. The predicted octanol–water partition coefficient (Wildman–Crippen LogP) is 1.85. The van der Waals surface area contributed by atoms with Crippen LogP contribution in [0.3, 0.4) is 0 Å². The van der Waals surface area contributed by atoms with Gasteiger partial charge in [0.2, 0.25) is 0 Å². The van der Waals surface area contributed by atoms with Crippen LogP contribution in [0.2, 0.25) is 0 Å². The lowest BCUT2D eigenvalue weighted by Crippen LogP contribution is -2.21. The zero-order chi connectivity index (χ0) is 15.3. The highest BCUT2D eigenvalue weighted by Crippen LogP contribution is 2.29. The third-order valence-corrected chi connectivity index (χ3v) is 2.53. The number of hydrogen-bond donors (Lipinski definition) is 1. The van der Waals surface area contributed by atoms with Gasteiger partial charge in [-0.15, -0.1) is 13.2 Å². The lowest BCUT2D eigenvalue weighted by atomic mass is 10.0. The average molecular weight is 292 g/mol. The molecule has 112 valence electrons. The van der Waals surface area contributed by atoms with Gasteiger partial charge in [0.15, 0.2) is 5.75 Å². The van der Waals surface area contributed by atoms with Gasteiger partial charge in [-0.25, -0.2) is 0 Å². The van der Waals surface area contributed by atoms with Crippen molar-refractivity contribution in [3.05, 3.63) is 23.0 Å². The lowest BCUT2D eigenvalue weighted by molar-refractivity contribution is -0.275. The molecule has 2 N–H and O–H groups in total. The largest absolute Gasteiger partial charge is 0.573 e. The minimum absolute atomic E-state index is 0.0516. The monoisotopic (exact) mass is 292 g/mol. The number of nitrogens with two attached hydrogens (primary N) is 1. The van der Waals surface area contributed by atoms with E-state index in [0.717, 1.165) is 6.20 Å². The van der Waals surface area contributed by atoms with E-state index in [9.17, 15) is 18.0 Å². The van der Waals surface area contributed by atoms with Crippen LogP contribution in [0.5, 0.6) is 5.75 Å². The molecule has 5 nitrogen and oxygen atoms in total. The zero-order valence-corrected chi connectivity index (χ0v) is 11.1. The van der Waals surface area contributed by atoms with E-state index in [0.29, 0.717) is 11.3 Å². The van der Waals surface area contributed by atoms with E-state index in [1.54, 1.807) is 13.8 Å². The van der Waals surface area contributed by atoms with Crippen LogP contribution in [0.15, 0.2) is 6.20 Å². The molecular weight excluding hydrogens is 277 g/mol. The van der Waals surface area contributed by atoms with Gasteiger partial charge in [0.25, 0.3) is 0 Å². The Hall–Kier alpha value is -1.83. The summed E-state index contributed by atoms with van der Waals surface area (Å²) >= 11 is 0. The van der Waals surface area contributed by atoms with E-state index in [4.69, 9.17) is 10.5 Å². The Balaban J connectivity index is 3.19. The van der Waals surface area contributed by atoms with Crippen LogP contribution < -0.4 is 10.5 Å². The number of halogens is 3. The number of nitrogens with zero attached hydrogens (tertiary/aromatic N) is 1. The second-order valence-electron chi connectivity index (χ2n) is 3.90. The summed E-state index contributed by atoms with van der Waals surface area (Å²) in [5.74, 6) is -1.18. The predicted molar refractivity (Wildman–Crippen MR) is 63.9 cm³/mol. The number of hydrogen-bond acceptors (Lipinski definition) is 5. The van der Waals surface area contributed by atoms with E-state index in [1.807, 2.05) is 0 Å². The molecule has 0 aliphatic carbocycles. The Morgan fingerprint density at radius 3 is 2.55 bits per heavy atom. The molecule has 0 radical (unpaired) electrons. The SMILES string of the molecule is CCOC(=O)Cc1c(OC(F)(F)F)cnc(C)c1CN. The Morgan fingerprint density at radius 1 is 1.40 bits per heavy atom. The number of alkyl halides is 3. The highest BCUT2D eigenvalue weighted by atomic mass is 19.4. The fraction of sp³-hybridized carbons (Fsp3) is 0.500. The summed E-state index contributed by atoms with van der Waals surface area (Å²) in [6, 6.07) is 0. The highest BCUT2D eigenvalue weighted by Gasteiger charge is 2.33. The van der Waals surface area contributed by atoms with E-state index in [-0.39, 0.29) is 25.1 Å². The maximum Gasteiger partial charge on any atom is 0.573 e. The van der Waals surface area contributed by atoms with Gasteiger partial charge in [0.1, 0.15) is 0 Å². The number of rotatable bonds is 5. The van der Waals surface area contributed by atoms with Crippen LogP contribution in [-0.4, -0.2) is 23.9 Å². The molecule has 1 aromatic heterocycles. The fourth-order valence-corrected chi connectivity index (χ4v) is 1.71. The number of carbonyl (C=O) groups is 1. The first-order chi connectivity index (χ1) is 9.28. The molecule has 0 aliphatic rings. The second-order valence-corrected chi connectivity index (χ2v) is 3.90. The molecule has 0 atom stereocenters. The standard InChI is InChI=1S/C12H15F3N2O3/c1-3-19-11(18)4-8-9(5-16)7(2)17-6-10(8)20-12(13,14)15/h6H,3-5,16H2,1-2H3. The van der Waals surface area contributed by atoms with Crippen molar-refractivity contribution >= 4 is 5.97 Å². The van der Waals surface area contributed by atoms with Gasteiger partial charge in [-0.05, 0) is 19.4 Å². The molecule has 0 saturated heterocycles. The molecule has 0 amide bonds. The number of aromatic nitrogens is 1. The molecule has 0 unspecified atom stereocenters. The minimum atomic E-state index is -4.87. The molecule has 8 heteroatoms. The number of ether oxygens (including phenoxy) is 2. The fourth-order valence-electron chi connectivity index (χ4n) is 1.71. The van der Waals surface area contributed by atoms with Crippen LogP contribution >= 0.6 is 0 Å². The first-order valence-corrected chi connectivity index (χ1v) is 5.87. The maximum atomic E-state index is 12.3. The summed E-state index contributed by atoms with van der Waals surface area (Å²) in [7, 11) is 0. The van der Waals surface area contributed by atoms with Crippen LogP contribution in [0, 0.1) is 6.92 Å². The van der Waals surface area contributed by atoms with Gasteiger partial charge >= 0.3 is 12.3 Å². The quantitative estimate of drug-likeness (QED) is 0.838. The number of carbonyl (C=O) groups excluding carboxylic acids is 1. The van der Waals surface area contributed by atoms with Crippen LogP contribution in [-0.2, 0) is 22.5 Å². The summed E-state index contributed by atoms with van der Waals surface area (Å²) in [6.45, 7) is 3.28. The van der Waals surface area contributed by atoms with Crippen LogP contribution in [0.1, 0.15) is 23.7 Å². The lowest BCUT2D eigenvalue weighted by Gasteiger charge is -2.16. The molecule has 0 aromatic carbocycles. The molecule has 1 heterocycles. The first kappa shape index (κ1) is 16.2. The van der Waals surface area contributed by atoms with E-state index in [1.165, 1.54) is 0 Å². The van der Waals surface area contributed by atoms with Crippen molar-refractivity contribution in [1.82, 2.24) is 4.98 Å². The molecule has 0 spiro atoms. The third-order valence-electron chi connectivity index (χ3n) is 2.53. The van der Waals surface area contributed by atoms with Gasteiger partial charge in [-0.1, -0.05) is 0 Å². The van der Waals surface area contributed by atoms with Gasteiger partial charge in [-0.3, -0.25) is 9.78 Å². The Bertz CT molecular complexity index is 490. The maximum absolute atomic E-state index is 12.3. The normalized spacial score (nSPS) is 11.3. The Labute approximate surface area is 113 Å². The number of esters is 1. The minimum Gasteiger partial charge on any atom is -0.466 e. The summed E-state index contributed by atoms with van der Waals surface area (Å²) < 4.78 is 45.7. The molecule has 20 heavy (non-hydrogen) atoms. The van der Waals surface area contributed by atoms with Crippen molar-refractivity contribution in [2.45, 2.75) is 33.2 Å². The van der Waals surface area contributed by atoms with Gasteiger partial charge < -0.3 is 15.2 Å². The van der Waals surface area contributed by atoms with Crippen molar-refractivity contribution in [3.63, 3.8) is 0 Å². The molecule has 0 saturated carbocycles. The van der Waals surface area contributed by atoms with Crippen LogP contribution in [0.25, 0.3) is 0 Å². The van der Waals surface area contributed by atoms with E-state index < -0.39 is 18.1 Å². The van der Waals surface area contributed by atoms with Crippen molar-refractivity contribution in [2.24, 2.45) is 5.73 Å². The van der Waals surface area contributed by atoms with Gasteiger partial charge in [0, 0.05) is 17.8 Å². The van der Waals surface area contributed by atoms with Gasteiger partial charge in [-0.2, -0.15) is 0 Å². The molecular formula is C12H15F3N2O3. The molecule has 0 bridgehead atoms. The smallest absolute Gasteiger partial charge is 0.466 e. The molecule has 0 fully saturated rings. The average Bonchev–Trinajstić information content (AvgIpc) is 2.32. The Morgan fingerprint density at radius 2 is 2.05 bits per heavy atom. The van der Waals surface area contributed by atoms with E-state index >= 15 is 0 Å². The summed E-state index contributed by atoms with van der Waals surface area (Å²) in [5, 5.41) is 0. The van der Waals surface area contributed by atoms with Gasteiger partial charge in [0.05, 0.1) is 19.2 Å². The Kier molecular flexibility index (Phi) is 5.32. The highest BCUT2D eigenvalue weighted by molar-refractivity contribution is 5.74. The van der Waals surface area contributed by atoms with Crippen molar-refractivity contribution in [3.8, 4) is 5.75 Å². The van der Waals surface area contributed by atoms with Crippen LogP contribution in [0.4, 0.5) is 13.2 Å². The van der Waals surface area contributed by atoms with Crippen molar-refractivity contribution < 1.29 is 27.4 Å². The molecule has 1 aromatic rings. The topological polar surface area (TPSA) is 74.4 Å². The second kappa shape index (κ2) is 6.56.